The van der Waals surface area contributed by atoms with E-state index < -0.39 is 14.7 Å². The Morgan fingerprint density at radius 1 is 1.69 bits per heavy atom. The van der Waals surface area contributed by atoms with Crippen molar-refractivity contribution >= 4 is 9.84 Å². The minimum Gasteiger partial charge on any atom is -0.499 e. The Balaban J connectivity index is 2.89. The Morgan fingerprint density at radius 2 is 2.44 bits per heavy atom. The van der Waals surface area contributed by atoms with Crippen molar-refractivity contribution in [1.82, 2.24) is 0 Å². The van der Waals surface area contributed by atoms with E-state index in [1.54, 1.807) is 19.1 Å². The number of rotatable bonds is 5. The highest BCUT2D eigenvalue weighted by Crippen LogP contribution is 2.14. The predicted octanol–water partition coefficient (Wildman–Crippen LogP) is 1.60. The van der Waals surface area contributed by atoms with Crippen molar-refractivity contribution in [2.45, 2.75) is 12.7 Å². The fourth-order valence-corrected chi connectivity index (χ4v) is 2.04. The van der Waals surface area contributed by atoms with Crippen LogP contribution in [0.4, 0.5) is 0 Å². The van der Waals surface area contributed by atoms with Crippen LogP contribution in [-0.2, 0) is 20.3 Å². The maximum absolute atomic E-state index is 11.7. The van der Waals surface area contributed by atoms with E-state index >= 15 is 0 Å². The Kier molecular flexibility index (Phi) is 4.14. The van der Waals surface area contributed by atoms with Gasteiger partial charge in [-0.15, -0.1) is 0 Å². The fraction of sp³-hybridized carbons (Fsp3) is 0.300. The minimum atomic E-state index is -3.69. The summed E-state index contributed by atoms with van der Waals surface area (Å²) in [5, 5.41) is 8.71. The number of nitriles is 1. The molecule has 0 amide bonds. The summed E-state index contributed by atoms with van der Waals surface area (Å²) in [6, 6.07) is 4.72. The third-order valence-corrected chi connectivity index (χ3v) is 3.24. The summed E-state index contributed by atoms with van der Waals surface area (Å²) in [6.45, 7) is 2.01. The van der Waals surface area contributed by atoms with Crippen LogP contribution in [0.2, 0.25) is 0 Å². The molecule has 86 valence electrons. The summed E-state index contributed by atoms with van der Waals surface area (Å²) in [7, 11) is -3.69. The molecule has 0 saturated heterocycles. The quantitative estimate of drug-likeness (QED) is 0.577. The van der Waals surface area contributed by atoms with Gasteiger partial charge in [0.05, 0.1) is 12.9 Å². The molecular weight excluding hydrogens is 230 g/mol. The Labute approximate surface area is 93.9 Å². The van der Waals surface area contributed by atoms with Crippen molar-refractivity contribution in [3.63, 3.8) is 0 Å². The molecule has 0 bridgehead atoms. The van der Waals surface area contributed by atoms with Crippen molar-refractivity contribution in [3.05, 3.63) is 35.3 Å². The zero-order chi connectivity index (χ0) is 12.0. The number of ether oxygens (including phenoxy) is 1. The van der Waals surface area contributed by atoms with Crippen LogP contribution in [0.3, 0.4) is 0 Å². The van der Waals surface area contributed by atoms with E-state index in [-0.39, 0.29) is 11.5 Å². The van der Waals surface area contributed by atoms with Crippen LogP contribution in [0.5, 0.6) is 0 Å². The van der Waals surface area contributed by atoms with E-state index in [0.29, 0.717) is 6.61 Å². The zero-order valence-corrected chi connectivity index (χ0v) is 9.53. The van der Waals surface area contributed by atoms with Crippen molar-refractivity contribution < 1.29 is 17.6 Å². The van der Waals surface area contributed by atoms with Gasteiger partial charge in [0.25, 0.3) is 0 Å². The Bertz CT molecular complexity index is 493. The summed E-state index contributed by atoms with van der Waals surface area (Å²) in [6.07, 6.45) is 2.33. The van der Waals surface area contributed by atoms with Gasteiger partial charge in [-0.25, -0.2) is 8.42 Å². The van der Waals surface area contributed by atoms with Crippen LogP contribution in [-0.4, -0.2) is 15.0 Å². The maximum Gasteiger partial charge on any atom is 0.198 e. The first-order valence-corrected chi connectivity index (χ1v) is 6.22. The lowest BCUT2D eigenvalue weighted by atomic mass is 10.5. The summed E-state index contributed by atoms with van der Waals surface area (Å²) >= 11 is 0. The minimum absolute atomic E-state index is 0.289. The number of sulfone groups is 1. The summed E-state index contributed by atoms with van der Waals surface area (Å²) in [5.74, 6) is -0.0513. The van der Waals surface area contributed by atoms with Gasteiger partial charge < -0.3 is 9.15 Å². The molecule has 0 unspecified atom stereocenters. The predicted molar refractivity (Wildman–Crippen MR) is 56.7 cm³/mol. The van der Waals surface area contributed by atoms with Crippen LogP contribution in [0.15, 0.2) is 34.0 Å². The molecule has 0 fully saturated rings. The molecule has 1 aromatic rings. The molecule has 0 aliphatic carbocycles. The van der Waals surface area contributed by atoms with Gasteiger partial charge >= 0.3 is 0 Å². The standard InChI is InChI=1S/C10H11NO4S/c1-2-14-7-10(6-11)16(12,13)8-9-4-3-5-15-9/h3-5,7H,2,8H2,1H3. The van der Waals surface area contributed by atoms with Gasteiger partial charge in [0.15, 0.2) is 14.7 Å². The highest BCUT2D eigenvalue weighted by atomic mass is 32.2. The highest BCUT2D eigenvalue weighted by Gasteiger charge is 2.20. The molecule has 0 atom stereocenters. The molecule has 1 rings (SSSR count). The van der Waals surface area contributed by atoms with Gasteiger partial charge in [0.1, 0.15) is 23.8 Å². The van der Waals surface area contributed by atoms with Crippen molar-refractivity contribution in [2.24, 2.45) is 0 Å². The third kappa shape index (κ3) is 3.14. The summed E-state index contributed by atoms with van der Waals surface area (Å²) < 4.78 is 33.1. The van der Waals surface area contributed by atoms with Crippen molar-refractivity contribution in [3.8, 4) is 6.07 Å². The first-order valence-electron chi connectivity index (χ1n) is 4.57. The normalized spacial score (nSPS) is 12.1. The number of hydrogen-bond donors (Lipinski definition) is 0. The highest BCUT2D eigenvalue weighted by molar-refractivity contribution is 7.94. The average Bonchev–Trinajstić information content (AvgIpc) is 2.70. The third-order valence-electron chi connectivity index (χ3n) is 1.71. The molecule has 0 radical (unpaired) electrons. The first kappa shape index (κ1) is 12.3. The molecule has 0 spiro atoms. The average molecular weight is 241 g/mol. The summed E-state index contributed by atoms with van der Waals surface area (Å²) in [4.78, 5) is -0.397. The van der Waals surface area contributed by atoms with E-state index in [1.165, 1.54) is 12.3 Å². The topological polar surface area (TPSA) is 80.3 Å². The molecule has 1 aromatic heterocycles. The smallest absolute Gasteiger partial charge is 0.198 e. The lowest BCUT2D eigenvalue weighted by molar-refractivity contribution is 0.268. The molecule has 0 aliphatic heterocycles. The van der Waals surface area contributed by atoms with E-state index in [1.807, 2.05) is 0 Å². The molecule has 0 saturated carbocycles. The van der Waals surface area contributed by atoms with E-state index in [0.717, 1.165) is 6.26 Å². The number of nitrogens with zero attached hydrogens (tertiary/aromatic N) is 1. The van der Waals surface area contributed by atoms with Crippen LogP contribution >= 0.6 is 0 Å². The maximum atomic E-state index is 11.7. The first-order chi connectivity index (χ1) is 7.60. The molecule has 0 aliphatic rings. The van der Waals surface area contributed by atoms with Gasteiger partial charge in [-0.3, -0.25) is 0 Å². The van der Waals surface area contributed by atoms with Crippen LogP contribution in [0.1, 0.15) is 12.7 Å². The molecule has 16 heavy (non-hydrogen) atoms. The Hall–Kier alpha value is -1.74. The lowest BCUT2D eigenvalue weighted by Crippen LogP contribution is -2.06. The van der Waals surface area contributed by atoms with E-state index in [2.05, 4.69) is 0 Å². The van der Waals surface area contributed by atoms with Crippen molar-refractivity contribution in [2.75, 3.05) is 6.61 Å². The van der Waals surface area contributed by atoms with Crippen LogP contribution < -0.4 is 0 Å². The zero-order valence-electron chi connectivity index (χ0n) is 8.71. The van der Waals surface area contributed by atoms with Crippen LogP contribution in [0, 0.1) is 11.3 Å². The molecular formula is C10H11NO4S. The van der Waals surface area contributed by atoms with Gasteiger partial charge in [-0.05, 0) is 19.1 Å². The summed E-state index contributed by atoms with van der Waals surface area (Å²) in [5.41, 5.74) is 0. The Morgan fingerprint density at radius 3 is 2.94 bits per heavy atom. The number of allylic oxidation sites excluding steroid dienone is 1. The van der Waals surface area contributed by atoms with Gasteiger partial charge in [-0.1, -0.05) is 0 Å². The van der Waals surface area contributed by atoms with Gasteiger partial charge in [0.2, 0.25) is 0 Å². The largest absolute Gasteiger partial charge is 0.499 e. The fourth-order valence-electron chi connectivity index (χ4n) is 0.988. The van der Waals surface area contributed by atoms with E-state index in [9.17, 15) is 8.42 Å². The lowest BCUT2D eigenvalue weighted by Gasteiger charge is -2.00. The molecule has 1 heterocycles. The van der Waals surface area contributed by atoms with Crippen molar-refractivity contribution in [1.29, 1.82) is 5.26 Å². The van der Waals surface area contributed by atoms with Gasteiger partial charge in [-0.2, -0.15) is 5.26 Å². The molecule has 5 nitrogen and oxygen atoms in total. The second-order valence-electron chi connectivity index (χ2n) is 2.89. The van der Waals surface area contributed by atoms with Gasteiger partial charge in [0, 0.05) is 0 Å². The molecule has 6 heteroatoms. The second-order valence-corrected chi connectivity index (χ2v) is 4.85. The molecule has 0 aromatic carbocycles. The van der Waals surface area contributed by atoms with Crippen LogP contribution in [0.25, 0.3) is 0 Å². The number of hydrogen-bond acceptors (Lipinski definition) is 5. The molecule has 0 N–H and O–H groups in total. The SMILES string of the molecule is CCOC=C(C#N)S(=O)(=O)Cc1ccco1. The second kappa shape index (κ2) is 5.37. The monoisotopic (exact) mass is 241 g/mol. The van der Waals surface area contributed by atoms with E-state index in [4.69, 9.17) is 14.4 Å². The number of furan rings is 1.